The monoisotopic (exact) mass is 1080 g/mol. The summed E-state index contributed by atoms with van der Waals surface area (Å²) in [4.78, 5) is 136. The van der Waals surface area contributed by atoms with Crippen LogP contribution in [-0.4, -0.2) is 117 Å². The van der Waals surface area contributed by atoms with E-state index in [1.165, 1.54) is 15.5 Å². The number of imide groups is 1. The van der Waals surface area contributed by atoms with E-state index in [2.05, 4.69) is 31.9 Å². The normalized spacial score (nSPS) is 19.7. The average molecular weight is 1080 g/mol. The fourth-order valence-corrected chi connectivity index (χ4v) is 10.8. The number of amides is 8. The first-order chi connectivity index (χ1) is 37.3. The molecule has 7 N–H and O–H groups in total. The van der Waals surface area contributed by atoms with Crippen LogP contribution in [0.4, 0.5) is 4.39 Å². The number of rotatable bonds is 22. The minimum atomic E-state index is -2.05. The topological polar surface area (TPSA) is 303 Å². The molecule has 5 aliphatic rings. The summed E-state index contributed by atoms with van der Waals surface area (Å²) in [5.74, 6) is -5.57. The molecule has 0 bridgehead atoms. The predicted molar refractivity (Wildman–Crippen MR) is 275 cm³/mol. The molecule has 78 heavy (non-hydrogen) atoms. The van der Waals surface area contributed by atoms with E-state index in [1.807, 2.05) is 0 Å². The second-order valence-electron chi connectivity index (χ2n) is 20.6. The quantitative estimate of drug-likeness (QED) is 0.0223. The molecule has 9 rings (SSSR count). The molecule has 23 heteroatoms. The molecule has 1 saturated carbocycles. The molecular formula is C55H62FN9O13. The summed E-state index contributed by atoms with van der Waals surface area (Å²) >= 11 is 0. The highest BCUT2D eigenvalue weighted by molar-refractivity contribution is 6.03. The van der Waals surface area contributed by atoms with Crippen molar-refractivity contribution in [2.75, 3.05) is 32.9 Å². The lowest BCUT2D eigenvalue weighted by molar-refractivity contribution is -0.172. The number of halogens is 1. The van der Waals surface area contributed by atoms with Gasteiger partial charge in [-0.25, -0.2) is 14.2 Å². The van der Waals surface area contributed by atoms with Gasteiger partial charge in [0.05, 0.1) is 54.7 Å². The molecule has 4 atom stereocenters. The van der Waals surface area contributed by atoms with E-state index in [0.717, 1.165) is 5.56 Å². The van der Waals surface area contributed by atoms with E-state index >= 15 is 4.39 Å². The van der Waals surface area contributed by atoms with Gasteiger partial charge in [-0.15, -0.1) is 0 Å². The summed E-state index contributed by atoms with van der Waals surface area (Å²) in [5, 5.41) is 27.8. The third-order valence-electron chi connectivity index (χ3n) is 15.4. The van der Waals surface area contributed by atoms with Gasteiger partial charge in [0, 0.05) is 54.3 Å². The third kappa shape index (κ3) is 11.1. The molecule has 4 aromatic rings. The molecule has 2 aliphatic carbocycles. The number of aromatic nitrogens is 2. The van der Waals surface area contributed by atoms with Gasteiger partial charge in [0.15, 0.2) is 5.60 Å². The second-order valence-corrected chi connectivity index (χ2v) is 20.6. The van der Waals surface area contributed by atoms with Gasteiger partial charge in [0.2, 0.25) is 41.4 Å². The van der Waals surface area contributed by atoms with Crippen LogP contribution in [0.1, 0.15) is 117 Å². The first-order valence-corrected chi connectivity index (χ1v) is 26.3. The van der Waals surface area contributed by atoms with Gasteiger partial charge in [-0.1, -0.05) is 50.6 Å². The molecule has 412 valence electrons. The van der Waals surface area contributed by atoms with Gasteiger partial charge in [0.1, 0.15) is 30.8 Å². The number of aryl methyl sites for hydroxylation is 1. The van der Waals surface area contributed by atoms with E-state index in [0.29, 0.717) is 96.0 Å². The summed E-state index contributed by atoms with van der Waals surface area (Å²) in [6.07, 6.45) is 3.40. The minimum Gasteiger partial charge on any atom is -0.458 e. The number of nitrogens with zero attached hydrogens (tertiary/aromatic N) is 3. The van der Waals surface area contributed by atoms with Gasteiger partial charge < -0.3 is 51.0 Å². The molecule has 8 amide bonds. The number of pyridine rings is 2. The van der Waals surface area contributed by atoms with Gasteiger partial charge in [-0.2, -0.15) is 0 Å². The maximum Gasteiger partial charge on any atom is 0.343 e. The van der Waals surface area contributed by atoms with Crippen molar-refractivity contribution in [1.82, 2.24) is 46.4 Å². The number of carbonyl (C=O) groups excluding carboxylic acids is 9. The fraction of sp³-hybridized carbons (Fsp3) is 0.473. The van der Waals surface area contributed by atoms with E-state index in [-0.39, 0.29) is 73.6 Å². The van der Waals surface area contributed by atoms with Gasteiger partial charge in [0.25, 0.3) is 11.5 Å². The van der Waals surface area contributed by atoms with Crippen molar-refractivity contribution < 1.29 is 62.1 Å². The van der Waals surface area contributed by atoms with Crippen molar-refractivity contribution in [3.05, 3.63) is 97.6 Å². The number of carbonyl (C=O) groups is 9. The molecule has 5 heterocycles. The maximum atomic E-state index is 15.5. The lowest BCUT2D eigenvalue weighted by Gasteiger charge is -2.31. The van der Waals surface area contributed by atoms with Crippen LogP contribution in [-0.2, 0) is 84.2 Å². The van der Waals surface area contributed by atoms with Crippen molar-refractivity contribution in [2.45, 2.75) is 128 Å². The van der Waals surface area contributed by atoms with E-state index in [4.69, 9.17) is 14.5 Å². The highest BCUT2D eigenvalue weighted by Gasteiger charge is 2.53. The summed E-state index contributed by atoms with van der Waals surface area (Å²) in [5.41, 5.74) is 0.649. The number of benzene rings is 2. The Bertz CT molecular complexity index is 3210. The van der Waals surface area contributed by atoms with Gasteiger partial charge in [-0.3, -0.25) is 48.1 Å². The Labute approximate surface area is 446 Å². The Hall–Kier alpha value is -7.92. The molecule has 1 unspecified atom stereocenters. The van der Waals surface area contributed by atoms with E-state index < -0.39 is 96.5 Å². The number of esters is 1. The Morgan fingerprint density at radius 2 is 1.62 bits per heavy atom. The van der Waals surface area contributed by atoms with Crippen molar-refractivity contribution in [3.8, 4) is 11.4 Å². The molecule has 2 aromatic carbocycles. The summed E-state index contributed by atoms with van der Waals surface area (Å²) < 4.78 is 28.2. The Balaban J connectivity index is 0.763. The van der Waals surface area contributed by atoms with Crippen molar-refractivity contribution >= 4 is 64.1 Å². The van der Waals surface area contributed by atoms with Gasteiger partial charge in [-0.05, 0) is 80.2 Å². The zero-order chi connectivity index (χ0) is 55.6. The van der Waals surface area contributed by atoms with Crippen LogP contribution in [0.5, 0.6) is 0 Å². The highest BCUT2D eigenvalue weighted by Crippen LogP contribution is 2.47. The van der Waals surface area contributed by atoms with Crippen molar-refractivity contribution in [2.24, 2.45) is 5.92 Å². The average Bonchev–Trinajstić information content (AvgIpc) is 4.25. The molecule has 0 radical (unpaired) electrons. The van der Waals surface area contributed by atoms with Crippen LogP contribution >= 0.6 is 0 Å². The third-order valence-corrected chi connectivity index (χ3v) is 15.4. The standard InChI is InChI=1S/C55H62FN9O13/c1-4-55(76)35-21-40-48-33(26-65(40)51(73)34(35)27-77-53(55)75)47-37(15-14-32-30(3)36(56)22-38(62-48)46(32)47)63-52(74)54(16-17-54)78-28-60-43(68)24-59-49(71)39(20-31-11-7-5-8-12-31)61-44(69)25-58-42(67)23-57-41(66)13-9-6-10-18-64-45(70)19-29(2)50(64)72/h5,7-8,11-12,21-22,29,37,39,76H,4,6,9-10,13-20,23-28H2,1-3H3,(H,57,66)(H,58,67)(H,59,71)(H,60,68)(H,61,69)(H,63,74)/t29?,37-,39-,55-/m0/s1. The zero-order valence-corrected chi connectivity index (χ0v) is 43.6. The summed E-state index contributed by atoms with van der Waals surface area (Å²) in [6.45, 7) is 3.22. The van der Waals surface area contributed by atoms with Crippen LogP contribution in [0.15, 0.2) is 47.3 Å². The number of fused-ring (bicyclic) bond motifs is 5. The van der Waals surface area contributed by atoms with Crippen LogP contribution in [0, 0.1) is 18.7 Å². The highest BCUT2D eigenvalue weighted by atomic mass is 19.1. The summed E-state index contributed by atoms with van der Waals surface area (Å²) in [6, 6.07) is 9.91. The lowest BCUT2D eigenvalue weighted by Crippen LogP contribution is -2.52. The summed E-state index contributed by atoms with van der Waals surface area (Å²) in [7, 11) is 0. The Morgan fingerprint density at radius 1 is 0.897 bits per heavy atom. The van der Waals surface area contributed by atoms with E-state index in [1.54, 1.807) is 57.2 Å². The van der Waals surface area contributed by atoms with Crippen LogP contribution in [0.25, 0.3) is 22.3 Å². The number of ether oxygens (including phenoxy) is 2. The fourth-order valence-electron chi connectivity index (χ4n) is 10.8. The van der Waals surface area contributed by atoms with Crippen molar-refractivity contribution in [1.29, 1.82) is 0 Å². The first-order valence-electron chi connectivity index (χ1n) is 26.3. The lowest BCUT2D eigenvalue weighted by atomic mass is 9.81. The van der Waals surface area contributed by atoms with Crippen LogP contribution in [0.2, 0.25) is 0 Å². The van der Waals surface area contributed by atoms with Gasteiger partial charge >= 0.3 is 5.97 Å². The molecule has 22 nitrogen and oxygen atoms in total. The maximum absolute atomic E-state index is 15.5. The van der Waals surface area contributed by atoms with Crippen LogP contribution in [0.3, 0.4) is 0 Å². The molecule has 3 aliphatic heterocycles. The smallest absolute Gasteiger partial charge is 0.343 e. The number of nitrogens with one attached hydrogen (secondary N) is 6. The largest absolute Gasteiger partial charge is 0.458 e. The SMILES string of the molecule is CC[C@@]1(O)C(=O)OCc2c1cc1n(c2=O)Cc2c-1nc1cc(F)c(C)c3c1c2[C@@H](NC(=O)C1(OCNC(=O)CNC(=O)[C@H](Cc2ccccc2)NC(=O)CNC(=O)CNC(=O)CCCCCN2C(=O)CC(C)C2=O)CC1)CC3. The minimum absolute atomic E-state index is 0.0413. The Kier molecular flexibility index (Phi) is 15.9. The Morgan fingerprint density at radius 3 is 2.33 bits per heavy atom. The predicted octanol–water partition coefficient (Wildman–Crippen LogP) is 1.29. The molecule has 1 saturated heterocycles. The zero-order valence-electron chi connectivity index (χ0n) is 43.6. The number of aliphatic hydroxyl groups is 1. The van der Waals surface area contributed by atoms with E-state index in [9.17, 15) is 53.1 Å². The van der Waals surface area contributed by atoms with Crippen molar-refractivity contribution in [3.63, 3.8) is 0 Å². The first kappa shape index (κ1) is 54.9. The second kappa shape index (κ2) is 22.6. The number of cyclic esters (lactones) is 1. The number of likely N-dealkylation sites (tertiary alicyclic amines) is 1. The number of unbranched alkanes of at least 4 members (excludes halogenated alkanes) is 2. The molecule has 0 spiro atoms. The molecule has 2 fully saturated rings. The number of hydrogen-bond acceptors (Lipinski definition) is 14. The van der Waals surface area contributed by atoms with Crippen LogP contribution < -0.4 is 37.5 Å². The number of hydrogen-bond donors (Lipinski definition) is 7. The molecular weight excluding hydrogens is 1010 g/mol. The molecule has 2 aromatic heterocycles.